The van der Waals surface area contributed by atoms with Gasteiger partial charge in [0.15, 0.2) is 0 Å². The molecule has 0 heterocycles. The van der Waals surface area contributed by atoms with Crippen molar-refractivity contribution in [2.24, 2.45) is 5.92 Å². The van der Waals surface area contributed by atoms with Crippen LogP contribution in [-0.2, 0) is 0 Å². The highest BCUT2D eigenvalue weighted by atomic mass is 32.2. The lowest BCUT2D eigenvalue weighted by Crippen LogP contribution is -2.07. The second kappa shape index (κ2) is 8.81. The van der Waals surface area contributed by atoms with Gasteiger partial charge in [-0.25, -0.2) is 0 Å². The number of hydrogen-bond acceptors (Lipinski definition) is 4. The second-order valence-electron chi connectivity index (χ2n) is 5.06. The standard InChI is InChI=1S/C18H20N2S2/c1-14(18(20)22-16-10-6-3-7-11-16)12-13-17(19)21-15-8-4-2-5-9-15/h2-11,14,19-20H,12-13H2,1H3. The quantitative estimate of drug-likeness (QED) is 0.391. The minimum absolute atomic E-state index is 0.182. The van der Waals surface area contributed by atoms with E-state index in [-0.39, 0.29) is 5.92 Å². The van der Waals surface area contributed by atoms with Gasteiger partial charge in [-0.05, 0) is 37.1 Å². The van der Waals surface area contributed by atoms with Crippen LogP contribution in [0.2, 0.25) is 0 Å². The molecule has 0 fully saturated rings. The van der Waals surface area contributed by atoms with Gasteiger partial charge in [-0.15, -0.1) is 0 Å². The van der Waals surface area contributed by atoms with E-state index in [1.807, 2.05) is 60.7 Å². The smallest absolute Gasteiger partial charge is 0.0717 e. The first kappa shape index (κ1) is 16.8. The van der Waals surface area contributed by atoms with Crippen molar-refractivity contribution >= 4 is 33.6 Å². The summed E-state index contributed by atoms with van der Waals surface area (Å²) in [6.07, 6.45) is 1.57. The highest BCUT2D eigenvalue weighted by Gasteiger charge is 2.12. The molecule has 2 aromatic rings. The summed E-state index contributed by atoms with van der Waals surface area (Å²) in [7, 11) is 0. The minimum atomic E-state index is 0.182. The van der Waals surface area contributed by atoms with Gasteiger partial charge in [0.05, 0.1) is 10.1 Å². The van der Waals surface area contributed by atoms with Crippen molar-refractivity contribution in [1.82, 2.24) is 0 Å². The zero-order valence-electron chi connectivity index (χ0n) is 12.6. The molecule has 0 aliphatic heterocycles. The lowest BCUT2D eigenvalue weighted by atomic mass is 10.1. The number of rotatable bonds is 6. The average Bonchev–Trinajstić information content (AvgIpc) is 2.54. The Kier molecular flexibility index (Phi) is 6.74. The first-order valence-electron chi connectivity index (χ1n) is 7.27. The van der Waals surface area contributed by atoms with Crippen LogP contribution in [0.4, 0.5) is 0 Å². The van der Waals surface area contributed by atoms with E-state index in [0.717, 1.165) is 22.6 Å². The van der Waals surface area contributed by atoms with Crippen molar-refractivity contribution in [3.8, 4) is 0 Å². The summed E-state index contributed by atoms with van der Waals surface area (Å²) < 4.78 is 0. The fourth-order valence-electron chi connectivity index (χ4n) is 1.88. The molecule has 2 rings (SSSR count). The van der Waals surface area contributed by atoms with Gasteiger partial charge in [0, 0.05) is 15.7 Å². The third kappa shape index (κ3) is 5.70. The Balaban J connectivity index is 1.76. The number of benzene rings is 2. The van der Waals surface area contributed by atoms with Crippen LogP contribution < -0.4 is 0 Å². The van der Waals surface area contributed by atoms with E-state index in [2.05, 4.69) is 6.92 Å². The second-order valence-corrected chi connectivity index (χ2v) is 7.34. The van der Waals surface area contributed by atoms with E-state index in [9.17, 15) is 0 Å². The molecule has 1 atom stereocenters. The first-order chi connectivity index (χ1) is 10.6. The molecule has 2 aromatic carbocycles. The molecule has 2 nitrogen and oxygen atoms in total. The molecule has 0 amide bonds. The van der Waals surface area contributed by atoms with E-state index >= 15 is 0 Å². The van der Waals surface area contributed by atoms with Crippen LogP contribution in [0.3, 0.4) is 0 Å². The maximum Gasteiger partial charge on any atom is 0.0717 e. The molecule has 0 aliphatic carbocycles. The van der Waals surface area contributed by atoms with Crippen LogP contribution >= 0.6 is 23.5 Å². The Morgan fingerprint density at radius 3 is 1.91 bits per heavy atom. The third-order valence-corrected chi connectivity index (χ3v) is 5.30. The van der Waals surface area contributed by atoms with Crippen LogP contribution in [0.5, 0.6) is 0 Å². The van der Waals surface area contributed by atoms with E-state index in [1.54, 1.807) is 0 Å². The molecule has 22 heavy (non-hydrogen) atoms. The number of thioether (sulfide) groups is 2. The zero-order chi connectivity index (χ0) is 15.8. The first-order valence-corrected chi connectivity index (χ1v) is 8.90. The number of nitrogens with one attached hydrogen (secondary N) is 2. The number of hydrogen-bond donors (Lipinski definition) is 2. The van der Waals surface area contributed by atoms with Crippen molar-refractivity contribution in [2.75, 3.05) is 0 Å². The fraction of sp³-hybridized carbons (Fsp3) is 0.222. The Morgan fingerprint density at radius 1 is 0.864 bits per heavy atom. The summed E-state index contributed by atoms with van der Waals surface area (Å²) >= 11 is 3.02. The molecule has 0 radical (unpaired) electrons. The van der Waals surface area contributed by atoms with Crippen LogP contribution in [0.15, 0.2) is 70.5 Å². The van der Waals surface area contributed by atoms with Crippen molar-refractivity contribution in [3.63, 3.8) is 0 Å². The normalized spacial score (nSPS) is 11.9. The van der Waals surface area contributed by atoms with Crippen LogP contribution in [0.1, 0.15) is 19.8 Å². The molecule has 0 saturated heterocycles. The Bertz CT molecular complexity index is 611. The summed E-state index contributed by atoms with van der Waals surface area (Å²) in [5, 5.41) is 17.6. The van der Waals surface area contributed by atoms with E-state index in [0.29, 0.717) is 10.1 Å². The topological polar surface area (TPSA) is 47.7 Å². The highest BCUT2D eigenvalue weighted by molar-refractivity contribution is 8.14. The Hall–Kier alpha value is -1.52. The van der Waals surface area contributed by atoms with Gasteiger partial charge in [0.1, 0.15) is 0 Å². The van der Waals surface area contributed by atoms with Gasteiger partial charge in [0.25, 0.3) is 0 Å². The highest BCUT2D eigenvalue weighted by Crippen LogP contribution is 2.26. The molecule has 0 spiro atoms. The molecule has 0 bridgehead atoms. The molecule has 0 aliphatic rings. The molecule has 0 saturated carbocycles. The van der Waals surface area contributed by atoms with Crippen molar-refractivity contribution in [1.29, 1.82) is 10.8 Å². The third-order valence-electron chi connectivity index (χ3n) is 3.21. The maximum atomic E-state index is 8.18. The van der Waals surface area contributed by atoms with Gasteiger partial charge >= 0.3 is 0 Å². The van der Waals surface area contributed by atoms with Crippen molar-refractivity contribution < 1.29 is 0 Å². The predicted octanol–water partition coefficient (Wildman–Crippen LogP) is 5.94. The van der Waals surface area contributed by atoms with E-state index in [1.165, 1.54) is 23.5 Å². The summed E-state index contributed by atoms with van der Waals surface area (Å²) in [6.45, 7) is 2.07. The van der Waals surface area contributed by atoms with Gasteiger partial charge in [-0.1, -0.05) is 66.8 Å². The van der Waals surface area contributed by atoms with E-state index < -0.39 is 0 Å². The molecule has 1 unspecified atom stereocenters. The summed E-state index contributed by atoms with van der Waals surface area (Å²) in [4.78, 5) is 2.21. The monoisotopic (exact) mass is 328 g/mol. The van der Waals surface area contributed by atoms with Gasteiger partial charge in [-0.2, -0.15) is 0 Å². The van der Waals surface area contributed by atoms with Crippen molar-refractivity contribution in [3.05, 3.63) is 60.7 Å². The molecular weight excluding hydrogens is 308 g/mol. The molecule has 114 valence electrons. The summed E-state index contributed by atoms with van der Waals surface area (Å²) in [6, 6.07) is 20.0. The lowest BCUT2D eigenvalue weighted by molar-refractivity contribution is 0.715. The Morgan fingerprint density at radius 2 is 1.36 bits per heavy atom. The summed E-state index contributed by atoms with van der Waals surface area (Å²) in [5.74, 6) is 0.182. The van der Waals surface area contributed by atoms with E-state index in [4.69, 9.17) is 10.8 Å². The van der Waals surface area contributed by atoms with Crippen LogP contribution in [0, 0.1) is 16.7 Å². The van der Waals surface area contributed by atoms with Gasteiger partial charge in [0.2, 0.25) is 0 Å². The van der Waals surface area contributed by atoms with Crippen molar-refractivity contribution in [2.45, 2.75) is 29.6 Å². The molecule has 0 aromatic heterocycles. The van der Waals surface area contributed by atoms with Gasteiger partial charge < -0.3 is 0 Å². The molecule has 4 heteroatoms. The average molecular weight is 329 g/mol. The zero-order valence-corrected chi connectivity index (χ0v) is 14.2. The van der Waals surface area contributed by atoms with Gasteiger partial charge in [-0.3, -0.25) is 10.8 Å². The largest absolute Gasteiger partial charge is 0.298 e. The Labute approximate surface area is 140 Å². The van der Waals surface area contributed by atoms with Crippen LogP contribution in [-0.4, -0.2) is 10.1 Å². The molecular formula is C18H20N2S2. The summed E-state index contributed by atoms with van der Waals surface area (Å²) in [5.41, 5.74) is 0. The van der Waals surface area contributed by atoms with Crippen LogP contribution in [0.25, 0.3) is 0 Å². The lowest BCUT2D eigenvalue weighted by Gasteiger charge is -2.13. The minimum Gasteiger partial charge on any atom is -0.298 e. The SMILES string of the molecule is CC(CCC(=N)Sc1ccccc1)C(=N)Sc1ccccc1. The predicted molar refractivity (Wildman–Crippen MR) is 98.4 cm³/mol. The maximum absolute atomic E-state index is 8.18. The molecule has 2 N–H and O–H groups in total. The fourth-order valence-corrected chi connectivity index (χ4v) is 3.54.